The fraction of sp³-hybridized carbons (Fsp3) is 0.312. The second-order valence-corrected chi connectivity index (χ2v) is 4.57. The van der Waals surface area contributed by atoms with E-state index in [0.717, 1.165) is 24.1 Å². The fourth-order valence-electron chi connectivity index (χ4n) is 1.87. The Morgan fingerprint density at radius 2 is 2.00 bits per heavy atom. The van der Waals surface area contributed by atoms with Gasteiger partial charge in [0.25, 0.3) is 0 Å². The van der Waals surface area contributed by atoms with E-state index in [0.29, 0.717) is 18.9 Å². The maximum atomic E-state index is 13.3. The van der Waals surface area contributed by atoms with Crippen LogP contribution in [0.1, 0.15) is 24.5 Å². The highest BCUT2D eigenvalue weighted by molar-refractivity contribution is 5.34. The number of nitrogens with one attached hydrogen (secondary N) is 1. The standard InChI is InChI=1S/C16H19FN2O/c1-2-7-19-11-14-10-15(17)3-4-16(14)20-12-13-5-8-18-9-6-13/h3-6,8-10,19H,2,7,11-12H2,1H3. The molecular formula is C16H19FN2O. The van der Waals surface area contributed by atoms with E-state index in [1.807, 2.05) is 12.1 Å². The van der Waals surface area contributed by atoms with Crippen LogP contribution in [0.15, 0.2) is 42.7 Å². The van der Waals surface area contributed by atoms with Gasteiger partial charge in [-0.15, -0.1) is 0 Å². The Morgan fingerprint density at radius 1 is 1.20 bits per heavy atom. The average Bonchev–Trinajstić information content (AvgIpc) is 2.48. The Kier molecular flexibility index (Phi) is 5.50. The molecule has 0 radical (unpaired) electrons. The number of hydrogen-bond acceptors (Lipinski definition) is 3. The fourth-order valence-corrected chi connectivity index (χ4v) is 1.87. The van der Waals surface area contributed by atoms with Crippen molar-refractivity contribution >= 4 is 0 Å². The molecule has 0 unspecified atom stereocenters. The summed E-state index contributed by atoms with van der Waals surface area (Å²) in [5, 5.41) is 3.26. The number of nitrogens with zero attached hydrogens (tertiary/aromatic N) is 1. The lowest BCUT2D eigenvalue weighted by Crippen LogP contribution is -2.15. The predicted octanol–water partition coefficient (Wildman–Crippen LogP) is 3.30. The van der Waals surface area contributed by atoms with Crippen LogP contribution in [0.4, 0.5) is 4.39 Å². The lowest BCUT2D eigenvalue weighted by molar-refractivity contribution is 0.301. The summed E-state index contributed by atoms with van der Waals surface area (Å²) in [6.07, 6.45) is 4.50. The molecule has 20 heavy (non-hydrogen) atoms. The van der Waals surface area contributed by atoms with Gasteiger partial charge in [-0.1, -0.05) is 6.92 Å². The van der Waals surface area contributed by atoms with Crippen molar-refractivity contribution in [1.29, 1.82) is 0 Å². The van der Waals surface area contributed by atoms with Gasteiger partial charge in [-0.3, -0.25) is 4.98 Å². The Labute approximate surface area is 118 Å². The van der Waals surface area contributed by atoms with E-state index in [-0.39, 0.29) is 5.82 Å². The maximum absolute atomic E-state index is 13.3. The van der Waals surface area contributed by atoms with E-state index in [2.05, 4.69) is 17.2 Å². The Hall–Kier alpha value is -1.94. The van der Waals surface area contributed by atoms with Crippen LogP contribution in [0.2, 0.25) is 0 Å². The molecule has 0 saturated heterocycles. The third-order valence-electron chi connectivity index (χ3n) is 2.91. The molecule has 0 aliphatic carbocycles. The van der Waals surface area contributed by atoms with Crippen molar-refractivity contribution in [3.05, 3.63) is 59.7 Å². The van der Waals surface area contributed by atoms with Gasteiger partial charge in [-0.2, -0.15) is 0 Å². The second-order valence-electron chi connectivity index (χ2n) is 4.57. The summed E-state index contributed by atoms with van der Waals surface area (Å²) in [4.78, 5) is 3.96. The topological polar surface area (TPSA) is 34.1 Å². The summed E-state index contributed by atoms with van der Waals surface area (Å²) in [7, 11) is 0. The molecule has 0 aliphatic rings. The summed E-state index contributed by atoms with van der Waals surface area (Å²) >= 11 is 0. The molecule has 1 N–H and O–H groups in total. The van der Waals surface area contributed by atoms with Crippen molar-refractivity contribution in [2.45, 2.75) is 26.5 Å². The maximum Gasteiger partial charge on any atom is 0.124 e. The third kappa shape index (κ3) is 4.31. The van der Waals surface area contributed by atoms with E-state index in [1.165, 1.54) is 12.1 Å². The van der Waals surface area contributed by atoms with Gasteiger partial charge >= 0.3 is 0 Å². The van der Waals surface area contributed by atoms with Crippen LogP contribution < -0.4 is 10.1 Å². The Bertz CT molecular complexity index is 531. The van der Waals surface area contributed by atoms with Crippen LogP contribution in [0.3, 0.4) is 0 Å². The van der Waals surface area contributed by atoms with E-state index in [1.54, 1.807) is 18.5 Å². The zero-order valence-corrected chi connectivity index (χ0v) is 11.6. The molecule has 2 rings (SSSR count). The van der Waals surface area contributed by atoms with Crippen LogP contribution in [0, 0.1) is 5.82 Å². The lowest BCUT2D eigenvalue weighted by atomic mass is 10.2. The number of halogens is 1. The molecule has 1 heterocycles. The minimum Gasteiger partial charge on any atom is -0.489 e. The molecule has 106 valence electrons. The summed E-state index contributed by atoms with van der Waals surface area (Å²) in [6.45, 7) is 4.06. The first-order valence-corrected chi connectivity index (χ1v) is 6.80. The van der Waals surface area contributed by atoms with E-state index < -0.39 is 0 Å². The molecule has 0 amide bonds. The number of hydrogen-bond donors (Lipinski definition) is 1. The first-order valence-electron chi connectivity index (χ1n) is 6.80. The van der Waals surface area contributed by atoms with Crippen LogP contribution in [0.5, 0.6) is 5.75 Å². The molecule has 1 aromatic carbocycles. The second kappa shape index (κ2) is 7.60. The number of pyridine rings is 1. The van der Waals surface area contributed by atoms with Crippen molar-refractivity contribution in [2.24, 2.45) is 0 Å². The molecule has 0 atom stereocenters. The third-order valence-corrected chi connectivity index (χ3v) is 2.91. The smallest absolute Gasteiger partial charge is 0.124 e. The van der Waals surface area contributed by atoms with Crippen molar-refractivity contribution in [3.8, 4) is 5.75 Å². The molecule has 3 nitrogen and oxygen atoms in total. The lowest BCUT2D eigenvalue weighted by Gasteiger charge is -2.12. The molecule has 0 bridgehead atoms. The van der Waals surface area contributed by atoms with Crippen molar-refractivity contribution in [1.82, 2.24) is 10.3 Å². The molecule has 0 fully saturated rings. The van der Waals surface area contributed by atoms with Gasteiger partial charge in [0.15, 0.2) is 0 Å². The molecule has 0 saturated carbocycles. The number of aromatic nitrogens is 1. The van der Waals surface area contributed by atoms with Gasteiger partial charge in [0.05, 0.1) is 0 Å². The highest BCUT2D eigenvalue weighted by Gasteiger charge is 2.05. The largest absolute Gasteiger partial charge is 0.489 e. The van der Waals surface area contributed by atoms with Crippen molar-refractivity contribution in [2.75, 3.05) is 6.54 Å². The Morgan fingerprint density at radius 3 is 2.75 bits per heavy atom. The van der Waals surface area contributed by atoms with Crippen LogP contribution in [-0.2, 0) is 13.2 Å². The van der Waals surface area contributed by atoms with Gasteiger partial charge < -0.3 is 10.1 Å². The van der Waals surface area contributed by atoms with Crippen LogP contribution in [-0.4, -0.2) is 11.5 Å². The highest BCUT2D eigenvalue weighted by atomic mass is 19.1. The first kappa shape index (κ1) is 14.5. The number of benzene rings is 1. The molecule has 0 aliphatic heterocycles. The average molecular weight is 274 g/mol. The summed E-state index contributed by atoms with van der Waals surface area (Å²) in [5.74, 6) is 0.473. The number of ether oxygens (including phenoxy) is 1. The van der Waals surface area contributed by atoms with E-state index in [4.69, 9.17) is 4.74 Å². The van der Waals surface area contributed by atoms with Gasteiger partial charge in [0, 0.05) is 24.5 Å². The highest BCUT2D eigenvalue weighted by Crippen LogP contribution is 2.21. The van der Waals surface area contributed by atoms with Gasteiger partial charge in [-0.05, 0) is 48.9 Å². The zero-order chi connectivity index (χ0) is 14.2. The minimum atomic E-state index is -0.241. The van der Waals surface area contributed by atoms with Gasteiger partial charge in [0.1, 0.15) is 18.2 Å². The van der Waals surface area contributed by atoms with Crippen LogP contribution >= 0.6 is 0 Å². The predicted molar refractivity (Wildman–Crippen MR) is 77.0 cm³/mol. The van der Waals surface area contributed by atoms with E-state index in [9.17, 15) is 4.39 Å². The molecule has 2 aromatic rings. The number of rotatable bonds is 7. The minimum absolute atomic E-state index is 0.241. The van der Waals surface area contributed by atoms with Crippen molar-refractivity contribution in [3.63, 3.8) is 0 Å². The normalized spacial score (nSPS) is 10.5. The SMILES string of the molecule is CCCNCc1cc(F)ccc1OCc1ccncc1. The molecular weight excluding hydrogens is 255 g/mol. The Balaban J connectivity index is 2.02. The van der Waals surface area contributed by atoms with E-state index >= 15 is 0 Å². The van der Waals surface area contributed by atoms with Gasteiger partial charge in [-0.25, -0.2) is 4.39 Å². The zero-order valence-electron chi connectivity index (χ0n) is 11.6. The van der Waals surface area contributed by atoms with Crippen LogP contribution in [0.25, 0.3) is 0 Å². The first-order chi connectivity index (χ1) is 9.79. The summed E-state index contributed by atoms with van der Waals surface area (Å²) in [5.41, 5.74) is 1.88. The molecule has 1 aromatic heterocycles. The molecule has 4 heteroatoms. The summed E-state index contributed by atoms with van der Waals surface area (Å²) in [6, 6.07) is 8.42. The van der Waals surface area contributed by atoms with Gasteiger partial charge in [0.2, 0.25) is 0 Å². The van der Waals surface area contributed by atoms with Crippen molar-refractivity contribution < 1.29 is 9.13 Å². The quantitative estimate of drug-likeness (QED) is 0.787. The summed E-state index contributed by atoms with van der Waals surface area (Å²) < 4.78 is 19.1. The monoisotopic (exact) mass is 274 g/mol. The molecule has 0 spiro atoms.